The van der Waals surface area contributed by atoms with Crippen molar-refractivity contribution in [2.75, 3.05) is 17.2 Å². The third-order valence-electron chi connectivity index (χ3n) is 3.43. The number of amides is 1. The summed E-state index contributed by atoms with van der Waals surface area (Å²) in [6, 6.07) is 4.58. The van der Waals surface area contributed by atoms with Crippen LogP contribution in [0, 0.1) is 5.92 Å². The largest absolute Gasteiger partial charge is 0.418 e. The van der Waals surface area contributed by atoms with Gasteiger partial charge in [-0.25, -0.2) is 0 Å². The molecule has 0 aliphatic heterocycles. The lowest BCUT2D eigenvalue weighted by atomic mass is 10.1. The van der Waals surface area contributed by atoms with Gasteiger partial charge in [-0.05, 0) is 18.1 Å². The predicted octanol–water partition coefficient (Wildman–Crippen LogP) is 5.29. The standard InChI is InChI=1S/C16H16F6N4OS2/c1-8(2)11(28-14-26-25-13(29-14)23-7-15(17,18)19)12(27)24-10-6-4-3-5-9(10)16(20,21)22/h3-6,8,11H,7H2,1-2H3,(H,23,25)(H,24,27). The number of anilines is 2. The zero-order chi connectivity index (χ0) is 21.8. The van der Waals surface area contributed by atoms with Crippen molar-refractivity contribution in [3.63, 3.8) is 0 Å². The van der Waals surface area contributed by atoms with E-state index in [2.05, 4.69) is 20.8 Å². The van der Waals surface area contributed by atoms with Gasteiger partial charge < -0.3 is 10.6 Å². The first kappa shape index (κ1) is 23.3. The number of para-hydroxylation sites is 1. The van der Waals surface area contributed by atoms with E-state index < -0.39 is 35.6 Å². The van der Waals surface area contributed by atoms with Gasteiger partial charge in [0.2, 0.25) is 11.0 Å². The Balaban J connectivity index is 2.11. The minimum atomic E-state index is -4.64. The van der Waals surface area contributed by atoms with E-state index in [-0.39, 0.29) is 21.1 Å². The Morgan fingerprint density at radius 3 is 2.38 bits per heavy atom. The van der Waals surface area contributed by atoms with Crippen LogP contribution in [0.1, 0.15) is 19.4 Å². The maximum atomic E-state index is 13.1. The Labute approximate surface area is 170 Å². The van der Waals surface area contributed by atoms with E-state index in [4.69, 9.17) is 0 Å². The molecule has 160 valence electrons. The van der Waals surface area contributed by atoms with E-state index in [1.165, 1.54) is 12.1 Å². The third-order valence-corrected chi connectivity index (χ3v) is 5.94. The van der Waals surface area contributed by atoms with E-state index in [9.17, 15) is 31.1 Å². The number of hydrogen-bond donors (Lipinski definition) is 2. The molecule has 13 heteroatoms. The summed E-state index contributed by atoms with van der Waals surface area (Å²) in [5.41, 5.74) is -1.35. The van der Waals surface area contributed by atoms with Crippen LogP contribution < -0.4 is 10.6 Å². The number of nitrogens with one attached hydrogen (secondary N) is 2. The molecule has 0 aliphatic rings. The van der Waals surface area contributed by atoms with Crippen LogP contribution in [-0.2, 0) is 11.0 Å². The van der Waals surface area contributed by atoms with E-state index in [0.29, 0.717) is 0 Å². The second-order valence-corrected chi connectivity index (χ2v) is 8.52. The molecule has 1 atom stereocenters. The van der Waals surface area contributed by atoms with Crippen molar-refractivity contribution >= 4 is 39.8 Å². The molecule has 0 fully saturated rings. The van der Waals surface area contributed by atoms with Crippen LogP contribution in [0.15, 0.2) is 28.6 Å². The first-order valence-corrected chi connectivity index (χ1v) is 9.84. The highest BCUT2D eigenvalue weighted by Gasteiger charge is 2.35. The van der Waals surface area contributed by atoms with Gasteiger partial charge in [-0.3, -0.25) is 4.79 Å². The van der Waals surface area contributed by atoms with Crippen LogP contribution in [0.2, 0.25) is 0 Å². The average Bonchev–Trinajstić information content (AvgIpc) is 3.04. The number of thioether (sulfide) groups is 1. The topological polar surface area (TPSA) is 66.9 Å². The lowest BCUT2D eigenvalue weighted by molar-refractivity contribution is -0.137. The fraction of sp³-hybridized carbons (Fsp3) is 0.438. The van der Waals surface area contributed by atoms with Crippen LogP contribution in [0.25, 0.3) is 0 Å². The molecule has 0 saturated heterocycles. The zero-order valence-corrected chi connectivity index (χ0v) is 16.7. The second kappa shape index (κ2) is 9.20. The Bertz CT molecular complexity index is 837. The van der Waals surface area contributed by atoms with Crippen LogP contribution in [0.4, 0.5) is 37.2 Å². The second-order valence-electron chi connectivity index (χ2n) is 6.16. The van der Waals surface area contributed by atoms with E-state index in [1.807, 2.05) is 0 Å². The highest BCUT2D eigenvalue weighted by molar-refractivity contribution is 8.02. The molecule has 0 spiro atoms. The maximum absolute atomic E-state index is 13.1. The van der Waals surface area contributed by atoms with Gasteiger partial charge in [-0.2, -0.15) is 26.3 Å². The number of alkyl halides is 6. The SMILES string of the molecule is CC(C)C(Sc1nnc(NCC(F)(F)F)s1)C(=O)Nc1ccccc1C(F)(F)F. The van der Waals surface area contributed by atoms with E-state index >= 15 is 0 Å². The van der Waals surface area contributed by atoms with Gasteiger partial charge in [0.1, 0.15) is 6.54 Å². The summed E-state index contributed by atoms with van der Waals surface area (Å²) >= 11 is 1.74. The van der Waals surface area contributed by atoms with Crippen LogP contribution in [0.5, 0.6) is 0 Å². The summed E-state index contributed by atoms with van der Waals surface area (Å²) in [6.07, 6.45) is -9.06. The molecule has 1 aromatic carbocycles. The van der Waals surface area contributed by atoms with Crippen molar-refractivity contribution in [3.8, 4) is 0 Å². The fourth-order valence-corrected chi connectivity index (χ4v) is 4.11. The molecule has 1 amide bonds. The van der Waals surface area contributed by atoms with Crippen molar-refractivity contribution in [2.24, 2.45) is 5.92 Å². The van der Waals surface area contributed by atoms with Gasteiger partial charge in [-0.15, -0.1) is 10.2 Å². The number of hydrogen-bond acceptors (Lipinski definition) is 6. The summed E-state index contributed by atoms with van der Waals surface area (Å²) in [5, 5.41) is 10.8. The number of halogens is 6. The van der Waals surface area contributed by atoms with E-state index in [0.717, 1.165) is 35.2 Å². The van der Waals surface area contributed by atoms with Crippen molar-refractivity contribution in [1.82, 2.24) is 10.2 Å². The number of rotatable bonds is 7. The van der Waals surface area contributed by atoms with Crippen molar-refractivity contribution in [3.05, 3.63) is 29.8 Å². The number of nitrogens with zero attached hydrogens (tertiary/aromatic N) is 2. The minimum Gasteiger partial charge on any atom is -0.351 e. The summed E-state index contributed by atoms with van der Waals surface area (Å²) in [6.45, 7) is 2.10. The summed E-state index contributed by atoms with van der Waals surface area (Å²) < 4.78 is 76.3. The molecule has 0 saturated carbocycles. The monoisotopic (exact) mass is 458 g/mol. The molecule has 0 radical (unpaired) electrons. The van der Waals surface area contributed by atoms with E-state index in [1.54, 1.807) is 13.8 Å². The molecule has 29 heavy (non-hydrogen) atoms. The minimum absolute atomic E-state index is 0.0739. The molecule has 1 aromatic heterocycles. The Hall–Kier alpha value is -2.02. The molecule has 2 rings (SSSR count). The summed E-state index contributed by atoms with van der Waals surface area (Å²) in [5.74, 6) is -0.977. The molecule has 1 unspecified atom stereocenters. The molecule has 2 N–H and O–H groups in total. The van der Waals surface area contributed by atoms with Gasteiger partial charge >= 0.3 is 12.4 Å². The van der Waals surface area contributed by atoms with Gasteiger partial charge in [0.05, 0.1) is 16.5 Å². The molecular formula is C16H16F6N4OS2. The number of benzene rings is 1. The lowest BCUT2D eigenvalue weighted by Crippen LogP contribution is -2.30. The van der Waals surface area contributed by atoms with Crippen LogP contribution in [0.3, 0.4) is 0 Å². The summed E-state index contributed by atoms with van der Waals surface area (Å²) in [7, 11) is 0. The van der Waals surface area contributed by atoms with Gasteiger partial charge in [0.25, 0.3) is 0 Å². The lowest BCUT2D eigenvalue weighted by Gasteiger charge is -2.20. The number of aromatic nitrogens is 2. The molecule has 5 nitrogen and oxygen atoms in total. The fourth-order valence-electron chi connectivity index (χ4n) is 2.15. The average molecular weight is 458 g/mol. The smallest absolute Gasteiger partial charge is 0.351 e. The number of carbonyl (C=O) groups is 1. The van der Waals surface area contributed by atoms with Gasteiger partial charge in [0.15, 0.2) is 4.34 Å². The molecule has 1 heterocycles. The molecule has 2 aromatic rings. The van der Waals surface area contributed by atoms with Gasteiger partial charge in [0, 0.05) is 0 Å². The van der Waals surface area contributed by atoms with Crippen LogP contribution in [-0.4, -0.2) is 34.1 Å². The van der Waals surface area contributed by atoms with Crippen molar-refractivity contribution < 1.29 is 31.1 Å². The quantitative estimate of drug-likeness (QED) is 0.436. The molecule has 0 aliphatic carbocycles. The zero-order valence-electron chi connectivity index (χ0n) is 15.1. The number of carbonyl (C=O) groups excluding carboxylic acids is 1. The normalized spacial score (nSPS) is 13.4. The highest BCUT2D eigenvalue weighted by Crippen LogP contribution is 2.36. The Morgan fingerprint density at radius 1 is 1.14 bits per heavy atom. The third kappa shape index (κ3) is 7.07. The van der Waals surface area contributed by atoms with Crippen molar-refractivity contribution in [1.29, 1.82) is 0 Å². The molecule has 0 bridgehead atoms. The first-order valence-electron chi connectivity index (χ1n) is 8.14. The highest BCUT2D eigenvalue weighted by atomic mass is 32.2. The summed E-state index contributed by atoms with van der Waals surface area (Å²) in [4.78, 5) is 12.6. The maximum Gasteiger partial charge on any atom is 0.418 e. The van der Waals surface area contributed by atoms with Crippen molar-refractivity contribution in [2.45, 2.75) is 35.8 Å². The first-order chi connectivity index (χ1) is 13.4. The van der Waals surface area contributed by atoms with Gasteiger partial charge in [-0.1, -0.05) is 49.1 Å². The Morgan fingerprint density at radius 2 is 1.79 bits per heavy atom. The molecular weight excluding hydrogens is 442 g/mol. The Kier molecular flexibility index (Phi) is 7.38. The van der Waals surface area contributed by atoms with Crippen LogP contribution >= 0.6 is 23.1 Å². The predicted molar refractivity (Wildman–Crippen MR) is 99.0 cm³/mol.